The highest BCUT2D eigenvalue weighted by molar-refractivity contribution is 6.28. The van der Waals surface area contributed by atoms with Crippen LogP contribution in [-0.4, -0.2) is 4.40 Å². The Balaban J connectivity index is 1.30. The first-order chi connectivity index (χ1) is 28.8. The van der Waals surface area contributed by atoms with Crippen LogP contribution >= 0.6 is 0 Å². The van der Waals surface area contributed by atoms with Gasteiger partial charge in [0, 0.05) is 44.0 Å². The molecule has 9 aromatic carbocycles. The van der Waals surface area contributed by atoms with E-state index in [0.717, 1.165) is 11.4 Å². The average molecular weight is 738 g/mol. The Bertz CT molecular complexity index is 3170. The lowest BCUT2D eigenvalue weighted by molar-refractivity contribution is 0.562. The SMILES string of the molecule is c1ccc(-c2cc3c4c(c2)c2cc(-c5ccccc5)cc5c6cc(-c7ccccc7)cc(c6n4c25)C32N(c3ccccc3)c3ccccc3N2c2ccccc2)cc1. The van der Waals surface area contributed by atoms with Crippen LogP contribution in [0.3, 0.4) is 0 Å². The van der Waals surface area contributed by atoms with Crippen LogP contribution < -0.4 is 9.80 Å². The van der Waals surface area contributed by atoms with Crippen molar-refractivity contribution in [2.45, 2.75) is 5.66 Å². The third kappa shape index (κ3) is 4.07. The molecule has 1 spiro atoms. The summed E-state index contributed by atoms with van der Waals surface area (Å²) in [5, 5.41) is 5.09. The summed E-state index contributed by atoms with van der Waals surface area (Å²) in [7, 11) is 0. The van der Waals surface area contributed by atoms with E-state index in [2.05, 4.69) is 227 Å². The average Bonchev–Trinajstić information content (AvgIpc) is 3.93. The largest absolute Gasteiger partial charge is 0.308 e. The molecule has 0 bridgehead atoms. The van der Waals surface area contributed by atoms with E-state index >= 15 is 0 Å². The first-order valence-electron chi connectivity index (χ1n) is 20.1. The van der Waals surface area contributed by atoms with Crippen molar-refractivity contribution in [1.82, 2.24) is 4.40 Å². The highest BCUT2D eigenvalue weighted by Crippen LogP contribution is 2.64. The summed E-state index contributed by atoms with van der Waals surface area (Å²) in [4.78, 5) is 5.27. The molecule has 13 rings (SSSR count). The fourth-order valence-corrected chi connectivity index (χ4v) is 10.4. The number of hydrogen-bond acceptors (Lipinski definition) is 2. The van der Waals surface area contributed by atoms with E-state index in [-0.39, 0.29) is 0 Å². The molecule has 3 nitrogen and oxygen atoms in total. The van der Waals surface area contributed by atoms with Crippen LogP contribution in [-0.2, 0) is 5.66 Å². The molecule has 0 N–H and O–H groups in total. The highest BCUT2D eigenvalue weighted by atomic mass is 15.5. The van der Waals surface area contributed by atoms with E-state index in [1.54, 1.807) is 0 Å². The minimum Gasteiger partial charge on any atom is -0.308 e. The minimum absolute atomic E-state index is 0.839. The molecule has 58 heavy (non-hydrogen) atoms. The first-order valence-corrected chi connectivity index (χ1v) is 20.1. The second kappa shape index (κ2) is 11.7. The van der Waals surface area contributed by atoms with Crippen molar-refractivity contribution in [2.75, 3.05) is 9.80 Å². The van der Waals surface area contributed by atoms with Crippen molar-refractivity contribution in [1.29, 1.82) is 0 Å². The monoisotopic (exact) mass is 737 g/mol. The van der Waals surface area contributed by atoms with E-state index in [1.807, 2.05) is 0 Å². The molecule has 0 unspecified atom stereocenters. The number of rotatable bonds is 5. The Morgan fingerprint density at radius 2 is 0.586 bits per heavy atom. The molecular formula is C55H35N3. The van der Waals surface area contributed by atoms with E-state index < -0.39 is 5.66 Å². The number of para-hydroxylation sites is 4. The predicted molar refractivity (Wildman–Crippen MR) is 242 cm³/mol. The van der Waals surface area contributed by atoms with Crippen LogP contribution in [0.25, 0.3) is 71.5 Å². The van der Waals surface area contributed by atoms with Gasteiger partial charge in [0.2, 0.25) is 0 Å². The van der Waals surface area contributed by atoms with E-state index in [9.17, 15) is 0 Å². The second-order valence-electron chi connectivity index (χ2n) is 15.7. The Hall–Kier alpha value is -7.62. The molecule has 2 aliphatic rings. The zero-order valence-electron chi connectivity index (χ0n) is 31.5. The van der Waals surface area contributed by atoms with Crippen LogP contribution in [0.5, 0.6) is 0 Å². The van der Waals surface area contributed by atoms with Gasteiger partial charge in [0.05, 0.1) is 27.9 Å². The smallest absolute Gasteiger partial charge is 0.179 e. The molecule has 0 radical (unpaired) electrons. The first kappa shape index (κ1) is 31.6. The molecule has 0 saturated heterocycles. The maximum absolute atomic E-state index is 2.64. The Morgan fingerprint density at radius 3 is 0.966 bits per heavy atom. The van der Waals surface area contributed by atoms with Crippen LogP contribution in [0.15, 0.2) is 212 Å². The van der Waals surface area contributed by atoms with Crippen molar-refractivity contribution in [2.24, 2.45) is 0 Å². The number of fused-ring (bicyclic) bond motifs is 5. The Labute approximate surface area is 336 Å². The van der Waals surface area contributed by atoms with Crippen LogP contribution in [0, 0.1) is 0 Å². The predicted octanol–water partition coefficient (Wildman–Crippen LogP) is 14.3. The summed E-state index contributed by atoms with van der Waals surface area (Å²) < 4.78 is 2.62. The van der Waals surface area contributed by atoms with Crippen molar-refractivity contribution in [3.63, 3.8) is 0 Å². The minimum atomic E-state index is -0.839. The molecule has 0 fully saturated rings. The van der Waals surface area contributed by atoms with Gasteiger partial charge in [0.15, 0.2) is 5.66 Å². The molecule has 270 valence electrons. The van der Waals surface area contributed by atoms with Crippen LogP contribution in [0.4, 0.5) is 22.7 Å². The highest BCUT2D eigenvalue weighted by Gasteiger charge is 2.57. The second-order valence-corrected chi connectivity index (χ2v) is 15.7. The zero-order chi connectivity index (χ0) is 38.0. The topological polar surface area (TPSA) is 10.9 Å². The molecule has 0 aliphatic carbocycles. The lowest BCUT2D eigenvalue weighted by Gasteiger charge is -2.48. The summed E-state index contributed by atoms with van der Waals surface area (Å²) in [5.41, 5.74) is 17.3. The molecule has 4 heterocycles. The van der Waals surface area contributed by atoms with Gasteiger partial charge in [-0.05, 0) is 106 Å². The normalized spacial score (nSPS) is 13.9. The summed E-state index contributed by atoms with van der Waals surface area (Å²) in [6.45, 7) is 0. The van der Waals surface area contributed by atoms with Crippen molar-refractivity contribution in [3.8, 4) is 33.4 Å². The lowest BCUT2D eigenvalue weighted by atomic mass is 9.80. The van der Waals surface area contributed by atoms with E-state index in [0.29, 0.717) is 0 Å². The summed E-state index contributed by atoms with van der Waals surface area (Å²) in [6.07, 6.45) is 0. The molecule has 0 atom stereocenters. The third-order valence-electron chi connectivity index (χ3n) is 12.7. The summed E-state index contributed by atoms with van der Waals surface area (Å²) >= 11 is 0. The van der Waals surface area contributed by atoms with E-state index in [1.165, 1.54) is 94.0 Å². The van der Waals surface area contributed by atoms with Gasteiger partial charge in [-0.1, -0.05) is 140 Å². The number of anilines is 4. The third-order valence-corrected chi connectivity index (χ3v) is 12.7. The quantitative estimate of drug-likeness (QED) is 0.174. The summed E-state index contributed by atoms with van der Waals surface area (Å²) in [5.74, 6) is 0. The maximum atomic E-state index is 2.64. The van der Waals surface area contributed by atoms with Crippen LogP contribution in [0.1, 0.15) is 11.1 Å². The maximum Gasteiger partial charge on any atom is 0.179 e. The van der Waals surface area contributed by atoms with Crippen molar-refractivity contribution in [3.05, 3.63) is 223 Å². The molecule has 2 aromatic heterocycles. The molecule has 0 saturated carbocycles. The van der Waals surface area contributed by atoms with Crippen molar-refractivity contribution >= 4 is 60.8 Å². The molecule has 11 aromatic rings. The summed E-state index contributed by atoms with van der Waals surface area (Å²) in [6, 6.07) is 78.6. The Morgan fingerprint density at radius 1 is 0.276 bits per heavy atom. The van der Waals surface area contributed by atoms with Gasteiger partial charge in [-0.25, -0.2) is 0 Å². The van der Waals surface area contributed by atoms with Gasteiger partial charge < -0.3 is 14.2 Å². The number of nitrogens with zero attached hydrogens (tertiary/aromatic N) is 3. The van der Waals surface area contributed by atoms with Gasteiger partial charge in [-0.15, -0.1) is 0 Å². The number of hydrogen-bond donors (Lipinski definition) is 0. The lowest BCUT2D eigenvalue weighted by Crippen LogP contribution is -2.53. The van der Waals surface area contributed by atoms with Gasteiger partial charge in [0.25, 0.3) is 0 Å². The standard InChI is InChI=1S/C55H35N3/c1-6-18-36(19-7-1)39-30-44-46-32-40(37-20-8-2-9-21-37)34-48-53(46)56-52(44)45(31-39)47-33-41(38-22-10-3-11-23-38)35-49(54(47)56)55(48)57(42-24-12-4-13-25-42)50-28-16-17-29-51(50)58(55)43-26-14-5-15-27-43/h1-35H. The molecular weight excluding hydrogens is 703 g/mol. The fourth-order valence-electron chi connectivity index (χ4n) is 10.4. The van der Waals surface area contributed by atoms with Gasteiger partial charge >= 0.3 is 0 Å². The van der Waals surface area contributed by atoms with Crippen molar-refractivity contribution < 1.29 is 0 Å². The number of benzene rings is 9. The zero-order valence-corrected chi connectivity index (χ0v) is 31.5. The van der Waals surface area contributed by atoms with Crippen LogP contribution in [0.2, 0.25) is 0 Å². The molecule has 0 amide bonds. The van der Waals surface area contributed by atoms with Gasteiger partial charge in [0.1, 0.15) is 0 Å². The molecule has 3 heteroatoms. The number of aromatic nitrogens is 1. The van der Waals surface area contributed by atoms with Gasteiger partial charge in [-0.3, -0.25) is 0 Å². The molecule has 2 aliphatic heterocycles. The van der Waals surface area contributed by atoms with E-state index in [4.69, 9.17) is 0 Å². The fraction of sp³-hybridized carbons (Fsp3) is 0.0182. The van der Waals surface area contributed by atoms with Gasteiger partial charge in [-0.2, -0.15) is 0 Å². The Kier molecular flexibility index (Phi) is 6.37.